The highest BCUT2D eigenvalue weighted by Crippen LogP contribution is 2.33. The van der Waals surface area contributed by atoms with Gasteiger partial charge in [0.15, 0.2) is 0 Å². The summed E-state index contributed by atoms with van der Waals surface area (Å²) >= 11 is 5.90. The quantitative estimate of drug-likeness (QED) is 0.758. The minimum absolute atomic E-state index is 0.000538. The van der Waals surface area contributed by atoms with Gasteiger partial charge in [0, 0.05) is 11.4 Å². The summed E-state index contributed by atoms with van der Waals surface area (Å²) in [4.78, 5) is 14.7. The monoisotopic (exact) mass is 381 g/mol. The number of aliphatic hydroxyl groups excluding tert-OH is 1. The molecule has 0 aliphatic carbocycles. The third-order valence-corrected chi connectivity index (χ3v) is 5.21. The van der Waals surface area contributed by atoms with Crippen LogP contribution in [0.5, 0.6) is 0 Å². The smallest absolute Gasteiger partial charge is 0.225 e. The number of nitrogens with zero attached hydrogens (tertiary/aromatic N) is 1. The average molecular weight is 382 g/mol. The summed E-state index contributed by atoms with van der Waals surface area (Å²) in [6.45, 7) is 10.8. The molecule has 1 saturated heterocycles. The highest BCUT2D eigenvalue weighted by atomic mass is 35.5. The molecule has 1 aromatic rings. The summed E-state index contributed by atoms with van der Waals surface area (Å²) in [5.41, 5.74) is 0.379. The molecule has 1 heterocycles. The fraction of sp³-hybridized carbons (Fsp3) is 0.667. The van der Waals surface area contributed by atoms with E-state index in [-0.39, 0.29) is 17.4 Å². The van der Waals surface area contributed by atoms with Crippen LogP contribution in [0.3, 0.4) is 0 Å². The van der Waals surface area contributed by atoms with E-state index >= 15 is 0 Å². The summed E-state index contributed by atoms with van der Waals surface area (Å²) in [7, 11) is 0. The SMILES string of the molecule is CC(C)(C)CCC(=O)N1[C@@H](CCC(O)c2ccc(Cl)cc2)COC1(C)C. The molecule has 1 fully saturated rings. The number of hydrogen-bond acceptors (Lipinski definition) is 3. The molecule has 2 atom stereocenters. The second-order valence-electron chi connectivity index (χ2n) is 8.88. The van der Waals surface area contributed by atoms with Crippen molar-refractivity contribution in [3.63, 3.8) is 0 Å². The summed E-state index contributed by atoms with van der Waals surface area (Å²) in [6.07, 6.45) is 2.08. The van der Waals surface area contributed by atoms with Crippen LogP contribution in [-0.2, 0) is 9.53 Å². The molecule has 0 aromatic heterocycles. The van der Waals surface area contributed by atoms with E-state index in [4.69, 9.17) is 16.3 Å². The van der Waals surface area contributed by atoms with Crippen molar-refractivity contribution in [2.24, 2.45) is 5.41 Å². The van der Waals surface area contributed by atoms with Crippen molar-refractivity contribution in [2.45, 2.75) is 78.2 Å². The van der Waals surface area contributed by atoms with Gasteiger partial charge in [-0.1, -0.05) is 44.5 Å². The van der Waals surface area contributed by atoms with Crippen molar-refractivity contribution in [2.75, 3.05) is 6.61 Å². The van der Waals surface area contributed by atoms with Crippen LogP contribution < -0.4 is 0 Å². The van der Waals surface area contributed by atoms with Gasteiger partial charge in [-0.15, -0.1) is 0 Å². The number of carbonyl (C=O) groups excluding carboxylic acids is 1. The van der Waals surface area contributed by atoms with Crippen molar-refractivity contribution in [3.8, 4) is 0 Å². The predicted octanol–water partition coefficient (Wildman–Crippen LogP) is 4.94. The third kappa shape index (κ3) is 5.70. The molecule has 146 valence electrons. The summed E-state index contributed by atoms with van der Waals surface area (Å²) < 4.78 is 5.88. The molecule has 1 aliphatic heterocycles. The van der Waals surface area contributed by atoms with Gasteiger partial charge >= 0.3 is 0 Å². The lowest BCUT2D eigenvalue weighted by Crippen LogP contribution is -2.48. The van der Waals surface area contributed by atoms with E-state index in [1.807, 2.05) is 30.9 Å². The summed E-state index contributed by atoms with van der Waals surface area (Å²) in [6, 6.07) is 7.25. The summed E-state index contributed by atoms with van der Waals surface area (Å²) in [5, 5.41) is 11.1. The highest BCUT2D eigenvalue weighted by molar-refractivity contribution is 6.30. The van der Waals surface area contributed by atoms with Crippen LogP contribution in [0.1, 0.15) is 72.0 Å². The van der Waals surface area contributed by atoms with Gasteiger partial charge < -0.3 is 14.7 Å². The van der Waals surface area contributed by atoms with Crippen molar-refractivity contribution >= 4 is 17.5 Å². The van der Waals surface area contributed by atoms with Crippen LogP contribution in [0.25, 0.3) is 0 Å². The Morgan fingerprint density at radius 1 is 1.35 bits per heavy atom. The number of amides is 1. The van der Waals surface area contributed by atoms with Crippen LogP contribution in [0, 0.1) is 5.41 Å². The third-order valence-electron chi connectivity index (χ3n) is 4.96. The molecule has 0 bridgehead atoms. The fourth-order valence-corrected chi connectivity index (χ4v) is 3.53. The molecule has 1 aliphatic rings. The lowest BCUT2D eigenvalue weighted by molar-refractivity contribution is -0.146. The van der Waals surface area contributed by atoms with Crippen LogP contribution in [0.4, 0.5) is 0 Å². The van der Waals surface area contributed by atoms with Gasteiger partial charge in [-0.05, 0) is 56.2 Å². The molecule has 0 spiro atoms. The van der Waals surface area contributed by atoms with Crippen LogP contribution in [0.2, 0.25) is 5.02 Å². The number of aliphatic hydroxyl groups is 1. The normalized spacial score (nSPS) is 21.0. The maximum absolute atomic E-state index is 12.8. The van der Waals surface area contributed by atoms with Crippen molar-refractivity contribution < 1.29 is 14.6 Å². The van der Waals surface area contributed by atoms with Gasteiger partial charge in [-0.2, -0.15) is 0 Å². The number of benzene rings is 1. The van der Waals surface area contributed by atoms with Crippen LogP contribution in [0.15, 0.2) is 24.3 Å². The predicted molar refractivity (Wildman–Crippen MR) is 105 cm³/mol. The van der Waals surface area contributed by atoms with E-state index in [9.17, 15) is 9.90 Å². The zero-order chi connectivity index (χ0) is 19.5. The second kappa shape index (κ2) is 8.28. The van der Waals surface area contributed by atoms with E-state index in [1.54, 1.807) is 12.1 Å². The number of hydrogen-bond donors (Lipinski definition) is 1. The van der Waals surface area contributed by atoms with E-state index in [1.165, 1.54) is 0 Å². The maximum Gasteiger partial charge on any atom is 0.225 e. The highest BCUT2D eigenvalue weighted by Gasteiger charge is 2.43. The Bertz CT molecular complexity index is 607. The van der Waals surface area contributed by atoms with Gasteiger partial charge in [-0.25, -0.2) is 0 Å². The first-order chi connectivity index (χ1) is 12.0. The zero-order valence-corrected chi connectivity index (χ0v) is 17.3. The maximum atomic E-state index is 12.8. The van der Waals surface area contributed by atoms with Gasteiger partial charge in [0.05, 0.1) is 18.8 Å². The minimum atomic E-state index is -0.592. The Morgan fingerprint density at radius 3 is 2.54 bits per heavy atom. The first kappa shape index (κ1) is 21.2. The van der Waals surface area contributed by atoms with Crippen LogP contribution in [-0.4, -0.2) is 34.3 Å². The van der Waals surface area contributed by atoms with Crippen LogP contribution >= 0.6 is 11.6 Å². The number of ether oxygens (including phenoxy) is 1. The largest absolute Gasteiger partial charge is 0.388 e. The molecular weight excluding hydrogens is 350 g/mol. The zero-order valence-electron chi connectivity index (χ0n) is 16.6. The topological polar surface area (TPSA) is 49.8 Å². The lowest BCUT2D eigenvalue weighted by atomic mass is 9.90. The molecule has 0 saturated carbocycles. The summed E-state index contributed by atoms with van der Waals surface area (Å²) in [5.74, 6) is 0.133. The average Bonchev–Trinajstić information content (AvgIpc) is 2.85. The molecule has 4 nitrogen and oxygen atoms in total. The standard InChI is InChI=1S/C21H32ClNO3/c1-20(2,3)13-12-19(25)23-17(14-26-21(23,4)5)10-11-18(24)15-6-8-16(22)9-7-15/h6-9,17-18,24H,10-14H2,1-5H3/t17-,18?/m0/s1. The Kier molecular flexibility index (Phi) is 6.75. The molecule has 1 aromatic carbocycles. The van der Waals surface area contributed by atoms with Crippen molar-refractivity contribution in [1.29, 1.82) is 0 Å². The first-order valence-electron chi connectivity index (χ1n) is 9.39. The van der Waals surface area contributed by atoms with Gasteiger partial charge in [0.1, 0.15) is 5.72 Å². The van der Waals surface area contributed by atoms with E-state index in [2.05, 4.69) is 20.8 Å². The molecule has 1 N–H and O–H groups in total. The number of carbonyl (C=O) groups is 1. The van der Waals surface area contributed by atoms with Crippen molar-refractivity contribution in [1.82, 2.24) is 4.90 Å². The molecule has 2 rings (SSSR count). The molecule has 1 amide bonds. The fourth-order valence-electron chi connectivity index (χ4n) is 3.40. The van der Waals surface area contributed by atoms with E-state index < -0.39 is 11.8 Å². The Labute approximate surface area is 162 Å². The molecule has 1 unspecified atom stereocenters. The molecule has 26 heavy (non-hydrogen) atoms. The van der Waals surface area contributed by atoms with E-state index in [0.717, 1.165) is 12.0 Å². The molecule has 0 radical (unpaired) electrons. The number of rotatable bonds is 6. The van der Waals surface area contributed by atoms with Crippen molar-refractivity contribution in [3.05, 3.63) is 34.9 Å². The van der Waals surface area contributed by atoms with Gasteiger partial charge in [0.2, 0.25) is 5.91 Å². The molecule has 5 heteroatoms. The Hall–Kier alpha value is -1.10. The number of halogens is 1. The second-order valence-corrected chi connectivity index (χ2v) is 9.32. The lowest BCUT2D eigenvalue weighted by Gasteiger charge is -2.35. The van der Waals surface area contributed by atoms with Gasteiger partial charge in [0.25, 0.3) is 0 Å². The minimum Gasteiger partial charge on any atom is -0.388 e. The molecular formula is C21H32ClNO3. The first-order valence-corrected chi connectivity index (χ1v) is 9.77. The van der Waals surface area contributed by atoms with Gasteiger partial charge in [-0.3, -0.25) is 4.79 Å². The Morgan fingerprint density at radius 2 is 1.96 bits per heavy atom. The van der Waals surface area contributed by atoms with E-state index in [0.29, 0.717) is 30.9 Å². The Balaban J connectivity index is 1.98.